The van der Waals surface area contributed by atoms with Crippen LogP contribution in [0.15, 0.2) is 0 Å². The third-order valence-corrected chi connectivity index (χ3v) is 9.43. The normalized spacial score (nSPS) is 43.8. The van der Waals surface area contributed by atoms with Crippen LogP contribution in [0.3, 0.4) is 0 Å². The quantitative estimate of drug-likeness (QED) is 0.611. The van der Waals surface area contributed by atoms with Gasteiger partial charge in [0.05, 0.1) is 0 Å². The summed E-state index contributed by atoms with van der Waals surface area (Å²) in [5.74, 6) is 1.61. The Bertz CT molecular complexity index is 670. The monoisotopic (exact) mass is 390 g/mol. The molecule has 0 aliphatic heterocycles. The van der Waals surface area contributed by atoms with Gasteiger partial charge in [-0.1, -0.05) is 20.8 Å². The lowest BCUT2D eigenvalue weighted by Crippen LogP contribution is -2.57. The topological polar surface area (TPSA) is 60.4 Å². The van der Waals surface area contributed by atoms with Gasteiger partial charge in [0.1, 0.15) is 17.7 Å². The summed E-state index contributed by atoms with van der Waals surface area (Å²) < 4.78 is 5.62. The van der Waals surface area contributed by atoms with E-state index in [0.717, 1.165) is 32.1 Å². The molecule has 0 amide bonds. The van der Waals surface area contributed by atoms with Crippen LogP contribution < -0.4 is 0 Å². The highest BCUT2D eigenvalue weighted by Crippen LogP contribution is 2.71. The van der Waals surface area contributed by atoms with E-state index in [4.69, 9.17) is 4.74 Å². The van der Waals surface area contributed by atoms with Crippen LogP contribution in [0.2, 0.25) is 0 Å². The first kappa shape index (κ1) is 21.5. The van der Waals surface area contributed by atoms with Crippen molar-refractivity contribution in [3.05, 3.63) is 0 Å². The van der Waals surface area contributed by atoms with Crippen molar-refractivity contribution in [2.45, 2.75) is 99.0 Å². The third kappa shape index (κ3) is 3.15. The van der Waals surface area contributed by atoms with Gasteiger partial charge in [0, 0.05) is 31.1 Å². The van der Waals surface area contributed by atoms with E-state index in [1.165, 1.54) is 6.92 Å². The van der Waals surface area contributed by atoms with Gasteiger partial charge in [0.15, 0.2) is 0 Å². The van der Waals surface area contributed by atoms with Gasteiger partial charge < -0.3 is 9.53 Å². The molecule has 3 saturated carbocycles. The summed E-state index contributed by atoms with van der Waals surface area (Å²) in [6, 6.07) is 0. The van der Waals surface area contributed by atoms with Gasteiger partial charge in [0.25, 0.3) is 0 Å². The van der Waals surface area contributed by atoms with Gasteiger partial charge in [-0.3, -0.25) is 9.59 Å². The van der Waals surface area contributed by atoms with E-state index >= 15 is 0 Å². The molecule has 158 valence electrons. The molecule has 0 aromatic heterocycles. The summed E-state index contributed by atoms with van der Waals surface area (Å²) in [5.41, 5.74) is -0.0728. The van der Waals surface area contributed by atoms with Crippen LogP contribution in [0.25, 0.3) is 0 Å². The van der Waals surface area contributed by atoms with Gasteiger partial charge >= 0.3 is 5.97 Å². The molecule has 0 bridgehead atoms. The first-order valence-electron chi connectivity index (χ1n) is 11.2. The van der Waals surface area contributed by atoms with Crippen LogP contribution >= 0.6 is 0 Å². The Balaban J connectivity index is 1.90. The molecule has 4 unspecified atom stereocenters. The highest BCUT2D eigenvalue weighted by Gasteiger charge is 2.65. The number of esters is 1. The molecule has 0 spiro atoms. The first-order chi connectivity index (χ1) is 13.0. The van der Waals surface area contributed by atoms with Crippen LogP contribution in [0, 0.1) is 34.0 Å². The lowest BCUT2D eigenvalue weighted by atomic mass is 9.43. The van der Waals surface area contributed by atoms with Crippen molar-refractivity contribution in [1.29, 1.82) is 0 Å². The molecule has 0 heterocycles. The van der Waals surface area contributed by atoms with Crippen molar-refractivity contribution in [3.8, 4) is 0 Å². The number of ketones is 2. The molecule has 4 heteroatoms. The smallest absolute Gasteiger partial charge is 0.302 e. The fourth-order valence-electron chi connectivity index (χ4n) is 7.58. The van der Waals surface area contributed by atoms with Crippen LogP contribution in [0.4, 0.5) is 0 Å². The zero-order chi connectivity index (χ0) is 20.9. The molecule has 3 aliphatic carbocycles. The maximum absolute atomic E-state index is 13.0. The second kappa shape index (κ2) is 7.25. The number of Topliss-reactive ketones (excluding diaryl/α,β-unsaturated/α-hetero) is 2. The maximum Gasteiger partial charge on any atom is 0.302 e. The standard InChI is InChI=1S/C24H38O4/c1-15(25)9-12-22(4)19-11-14-23(5)18(16(2)28-17(3)26)10-13-24(23,6)20(19)7-8-21(22)27/h16,18-20H,7-14H2,1-6H3/t16-,18?,19?,20+,22-,23?,24?/m0/s1. The van der Waals surface area contributed by atoms with E-state index in [1.807, 2.05) is 0 Å². The van der Waals surface area contributed by atoms with Gasteiger partial charge in [-0.2, -0.15) is 0 Å². The molecule has 0 radical (unpaired) electrons. The zero-order valence-corrected chi connectivity index (χ0v) is 18.6. The van der Waals surface area contributed by atoms with Gasteiger partial charge in [-0.25, -0.2) is 0 Å². The van der Waals surface area contributed by atoms with Gasteiger partial charge in [-0.15, -0.1) is 0 Å². The third-order valence-electron chi connectivity index (χ3n) is 9.43. The summed E-state index contributed by atoms with van der Waals surface area (Å²) in [4.78, 5) is 36.2. The second-order valence-corrected chi connectivity index (χ2v) is 10.6. The molecule has 0 aromatic rings. The summed E-state index contributed by atoms with van der Waals surface area (Å²) in [7, 11) is 0. The molecule has 3 fully saturated rings. The van der Waals surface area contributed by atoms with Crippen molar-refractivity contribution < 1.29 is 19.1 Å². The highest BCUT2D eigenvalue weighted by atomic mass is 16.5. The number of hydrogen-bond acceptors (Lipinski definition) is 4. The minimum absolute atomic E-state index is 0.0600. The molecule has 7 atom stereocenters. The molecule has 3 rings (SSSR count). The van der Waals surface area contributed by atoms with Crippen LogP contribution in [0.1, 0.15) is 92.9 Å². The molecule has 3 aliphatic rings. The van der Waals surface area contributed by atoms with Crippen LogP contribution in [0.5, 0.6) is 0 Å². The highest BCUT2D eigenvalue weighted by molar-refractivity contribution is 5.86. The van der Waals surface area contributed by atoms with Crippen molar-refractivity contribution in [1.82, 2.24) is 0 Å². The number of rotatable bonds is 5. The lowest BCUT2D eigenvalue weighted by Gasteiger charge is -2.61. The van der Waals surface area contributed by atoms with Crippen molar-refractivity contribution in [3.63, 3.8) is 0 Å². The molecular formula is C24H38O4. The van der Waals surface area contributed by atoms with Crippen molar-refractivity contribution in [2.24, 2.45) is 34.0 Å². The first-order valence-corrected chi connectivity index (χ1v) is 11.2. The fourth-order valence-corrected chi connectivity index (χ4v) is 7.58. The average molecular weight is 391 g/mol. The minimum atomic E-state index is -0.363. The van der Waals surface area contributed by atoms with E-state index in [9.17, 15) is 14.4 Å². The van der Waals surface area contributed by atoms with E-state index < -0.39 is 0 Å². The number of hydrogen-bond donors (Lipinski definition) is 0. The second-order valence-electron chi connectivity index (χ2n) is 10.6. The Labute approximate surface area is 170 Å². The molecule has 28 heavy (non-hydrogen) atoms. The molecule has 4 nitrogen and oxygen atoms in total. The number of carbonyl (C=O) groups is 3. The molecule has 0 saturated heterocycles. The Kier molecular flexibility index (Phi) is 5.57. The zero-order valence-electron chi connectivity index (χ0n) is 18.6. The Morgan fingerprint density at radius 3 is 2.29 bits per heavy atom. The van der Waals surface area contributed by atoms with E-state index in [-0.39, 0.29) is 34.1 Å². The van der Waals surface area contributed by atoms with Crippen molar-refractivity contribution in [2.75, 3.05) is 0 Å². The van der Waals surface area contributed by atoms with E-state index in [2.05, 4.69) is 27.7 Å². The van der Waals surface area contributed by atoms with E-state index in [1.54, 1.807) is 6.92 Å². The molecule has 0 aromatic carbocycles. The van der Waals surface area contributed by atoms with Gasteiger partial charge in [0.2, 0.25) is 0 Å². The predicted octanol–water partition coefficient (Wildman–Crippen LogP) is 5.13. The minimum Gasteiger partial charge on any atom is -0.463 e. The largest absolute Gasteiger partial charge is 0.463 e. The molecule has 0 N–H and O–H groups in total. The number of fused-ring (bicyclic) bond motifs is 3. The Morgan fingerprint density at radius 1 is 1.04 bits per heavy atom. The van der Waals surface area contributed by atoms with Crippen molar-refractivity contribution >= 4 is 17.5 Å². The summed E-state index contributed by atoms with van der Waals surface area (Å²) in [6.45, 7) is 12.2. The predicted molar refractivity (Wildman–Crippen MR) is 109 cm³/mol. The Hall–Kier alpha value is -1.19. The summed E-state index contributed by atoms with van der Waals surface area (Å²) in [5, 5.41) is 0. The summed E-state index contributed by atoms with van der Waals surface area (Å²) in [6.07, 6.45) is 7.10. The average Bonchev–Trinajstić information content (AvgIpc) is 2.87. The lowest BCUT2D eigenvalue weighted by molar-refractivity contribution is -0.167. The Morgan fingerprint density at radius 2 is 1.68 bits per heavy atom. The SMILES string of the molecule is CC(=O)CC[C@]1(C)C(=O)CC[C@@H]2C1CCC1(C)C([C@H](C)OC(C)=O)CCC21C. The number of ether oxygens (including phenoxy) is 1. The van der Waals surface area contributed by atoms with E-state index in [0.29, 0.717) is 42.8 Å². The van der Waals surface area contributed by atoms with Crippen LogP contribution in [-0.4, -0.2) is 23.6 Å². The van der Waals surface area contributed by atoms with Gasteiger partial charge in [-0.05, 0) is 75.0 Å². The summed E-state index contributed by atoms with van der Waals surface area (Å²) >= 11 is 0. The van der Waals surface area contributed by atoms with Crippen LogP contribution in [-0.2, 0) is 19.1 Å². The maximum atomic E-state index is 13.0. The fraction of sp³-hybridized carbons (Fsp3) is 0.875. The molecular weight excluding hydrogens is 352 g/mol. The number of carbonyl (C=O) groups excluding carboxylic acids is 3.